The second-order valence-corrected chi connectivity index (χ2v) is 7.62. The molecular weight excluding hydrogens is 404 g/mol. The van der Waals surface area contributed by atoms with Gasteiger partial charge in [-0.1, -0.05) is 27.7 Å². The Morgan fingerprint density at radius 3 is 2.64 bits per heavy atom. The first-order valence-electron chi connectivity index (χ1n) is 8.38. The Hall–Kier alpha value is -1.54. The van der Waals surface area contributed by atoms with Crippen LogP contribution in [0.15, 0.2) is 33.9 Å². The third-order valence-corrected chi connectivity index (χ3v) is 5.55. The number of carbonyl (C=O) groups excluding carboxylic acids is 1. The van der Waals surface area contributed by atoms with E-state index in [1.807, 2.05) is 40.7 Å². The summed E-state index contributed by atoms with van der Waals surface area (Å²) in [6, 6.07) is 7.68. The molecular formula is C17H21BrN4O2S. The Morgan fingerprint density at radius 2 is 1.96 bits per heavy atom. The number of hydrogen-bond acceptors (Lipinski definition) is 5. The number of aromatic nitrogens is 3. The van der Waals surface area contributed by atoms with Crippen LogP contribution < -0.4 is 4.74 Å². The second-order valence-electron chi connectivity index (χ2n) is 5.76. The maximum atomic E-state index is 12.2. The SMILES string of the molecule is CCn1c(COc2ccc(Br)cc2)nnc1SCC(=O)N1CCCC1. The summed E-state index contributed by atoms with van der Waals surface area (Å²) in [5.41, 5.74) is 0. The molecule has 0 unspecified atom stereocenters. The van der Waals surface area contributed by atoms with Crippen molar-refractivity contribution in [2.45, 2.75) is 38.1 Å². The number of ether oxygens (including phenoxy) is 1. The van der Waals surface area contributed by atoms with Crippen LogP contribution in [0.25, 0.3) is 0 Å². The summed E-state index contributed by atoms with van der Waals surface area (Å²) in [6.45, 7) is 4.90. The van der Waals surface area contributed by atoms with Gasteiger partial charge in [0, 0.05) is 24.1 Å². The van der Waals surface area contributed by atoms with Crippen molar-refractivity contribution in [3.8, 4) is 5.75 Å². The van der Waals surface area contributed by atoms with Crippen LogP contribution in [0.3, 0.4) is 0 Å². The van der Waals surface area contributed by atoms with Gasteiger partial charge in [-0.05, 0) is 44.0 Å². The Labute approximate surface area is 160 Å². The maximum absolute atomic E-state index is 12.2. The molecule has 0 saturated carbocycles. The molecule has 1 aliphatic heterocycles. The van der Waals surface area contributed by atoms with Crippen molar-refractivity contribution in [3.63, 3.8) is 0 Å². The molecule has 0 atom stereocenters. The van der Waals surface area contributed by atoms with E-state index < -0.39 is 0 Å². The van der Waals surface area contributed by atoms with Gasteiger partial charge in [0.25, 0.3) is 0 Å². The van der Waals surface area contributed by atoms with Gasteiger partial charge in [0.15, 0.2) is 11.0 Å². The fourth-order valence-corrected chi connectivity index (χ4v) is 3.90. The van der Waals surface area contributed by atoms with Crippen LogP contribution in [0.5, 0.6) is 5.75 Å². The molecule has 0 spiro atoms. The van der Waals surface area contributed by atoms with Crippen molar-refractivity contribution in [1.82, 2.24) is 19.7 Å². The Kier molecular flexibility index (Phi) is 6.36. The summed E-state index contributed by atoms with van der Waals surface area (Å²) >= 11 is 4.85. The van der Waals surface area contributed by atoms with Gasteiger partial charge in [0.2, 0.25) is 5.91 Å². The minimum Gasteiger partial charge on any atom is -0.486 e. The van der Waals surface area contributed by atoms with E-state index in [-0.39, 0.29) is 5.91 Å². The lowest BCUT2D eigenvalue weighted by Gasteiger charge is -2.14. The summed E-state index contributed by atoms with van der Waals surface area (Å²) < 4.78 is 8.79. The monoisotopic (exact) mass is 424 g/mol. The maximum Gasteiger partial charge on any atom is 0.233 e. The number of rotatable bonds is 7. The molecule has 8 heteroatoms. The van der Waals surface area contributed by atoms with Crippen LogP contribution in [0.2, 0.25) is 0 Å². The zero-order chi connectivity index (χ0) is 17.6. The molecule has 1 aliphatic rings. The molecule has 0 N–H and O–H groups in total. The molecule has 1 amide bonds. The number of hydrogen-bond donors (Lipinski definition) is 0. The molecule has 3 rings (SSSR count). The third-order valence-electron chi connectivity index (χ3n) is 4.07. The lowest BCUT2D eigenvalue weighted by molar-refractivity contribution is -0.127. The smallest absolute Gasteiger partial charge is 0.233 e. The summed E-state index contributed by atoms with van der Waals surface area (Å²) in [6.07, 6.45) is 2.22. The zero-order valence-corrected chi connectivity index (χ0v) is 16.6. The van der Waals surface area contributed by atoms with Crippen LogP contribution in [-0.4, -0.2) is 44.4 Å². The Balaban J connectivity index is 1.58. The molecule has 1 aromatic heterocycles. The number of benzene rings is 1. The van der Waals surface area contributed by atoms with E-state index in [0.717, 1.165) is 53.7 Å². The van der Waals surface area contributed by atoms with Crippen molar-refractivity contribution < 1.29 is 9.53 Å². The highest BCUT2D eigenvalue weighted by molar-refractivity contribution is 9.10. The highest BCUT2D eigenvalue weighted by Crippen LogP contribution is 2.21. The standard InChI is InChI=1S/C17H21BrN4O2S/c1-2-22-15(11-24-14-7-5-13(18)6-8-14)19-20-17(22)25-12-16(23)21-9-3-4-10-21/h5-8H,2-4,9-12H2,1H3. The van der Waals surface area contributed by atoms with E-state index in [0.29, 0.717) is 12.4 Å². The molecule has 2 aromatic rings. The van der Waals surface area contributed by atoms with Gasteiger partial charge in [-0.25, -0.2) is 0 Å². The predicted octanol–water partition coefficient (Wildman–Crippen LogP) is 3.35. The quantitative estimate of drug-likeness (QED) is 0.637. The van der Waals surface area contributed by atoms with Crippen LogP contribution in [-0.2, 0) is 17.9 Å². The third kappa shape index (κ3) is 4.76. The van der Waals surface area contributed by atoms with E-state index in [4.69, 9.17) is 4.74 Å². The predicted molar refractivity (Wildman–Crippen MR) is 101 cm³/mol. The molecule has 6 nitrogen and oxygen atoms in total. The first-order valence-corrected chi connectivity index (χ1v) is 10.2. The average Bonchev–Trinajstić information content (AvgIpc) is 3.29. The molecule has 134 valence electrons. The first-order chi connectivity index (χ1) is 12.2. The Bertz CT molecular complexity index is 714. The summed E-state index contributed by atoms with van der Waals surface area (Å²) in [7, 11) is 0. The molecule has 0 radical (unpaired) electrons. The van der Waals surface area contributed by atoms with E-state index >= 15 is 0 Å². The largest absolute Gasteiger partial charge is 0.486 e. The number of halogens is 1. The van der Waals surface area contributed by atoms with Gasteiger partial charge in [-0.2, -0.15) is 0 Å². The minimum absolute atomic E-state index is 0.181. The van der Waals surface area contributed by atoms with Gasteiger partial charge in [-0.15, -0.1) is 10.2 Å². The highest BCUT2D eigenvalue weighted by atomic mass is 79.9. The zero-order valence-electron chi connectivity index (χ0n) is 14.2. The van der Waals surface area contributed by atoms with Crippen LogP contribution in [0.4, 0.5) is 0 Å². The van der Waals surface area contributed by atoms with Gasteiger partial charge in [0.05, 0.1) is 5.75 Å². The molecule has 0 bridgehead atoms. The van der Waals surface area contributed by atoms with Crippen molar-refractivity contribution in [2.24, 2.45) is 0 Å². The highest BCUT2D eigenvalue weighted by Gasteiger charge is 2.19. The summed E-state index contributed by atoms with van der Waals surface area (Å²) in [5.74, 6) is 2.14. The van der Waals surface area contributed by atoms with Crippen LogP contribution in [0, 0.1) is 0 Å². The number of thioether (sulfide) groups is 1. The van der Waals surface area contributed by atoms with Gasteiger partial charge >= 0.3 is 0 Å². The number of likely N-dealkylation sites (tertiary alicyclic amines) is 1. The fourth-order valence-electron chi connectivity index (χ4n) is 2.71. The summed E-state index contributed by atoms with van der Waals surface area (Å²) in [5, 5.41) is 9.23. The molecule has 2 heterocycles. The van der Waals surface area contributed by atoms with E-state index in [2.05, 4.69) is 26.1 Å². The lowest BCUT2D eigenvalue weighted by Crippen LogP contribution is -2.29. The van der Waals surface area contributed by atoms with E-state index in [1.165, 1.54) is 11.8 Å². The molecule has 1 aromatic carbocycles. The lowest BCUT2D eigenvalue weighted by atomic mass is 10.3. The van der Waals surface area contributed by atoms with Crippen LogP contribution >= 0.6 is 27.7 Å². The first kappa shape index (κ1) is 18.3. The minimum atomic E-state index is 0.181. The Morgan fingerprint density at radius 1 is 1.24 bits per heavy atom. The average molecular weight is 425 g/mol. The molecule has 1 fully saturated rings. The van der Waals surface area contributed by atoms with E-state index in [1.54, 1.807) is 0 Å². The van der Waals surface area contributed by atoms with Crippen molar-refractivity contribution in [3.05, 3.63) is 34.6 Å². The summed E-state index contributed by atoms with van der Waals surface area (Å²) in [4.78, 5) is 14.1. The number of nitrogens with zero attached hydrogens (tertiary/aromatic N) is 4. The normalized spacial score (nSPS) is 14.1. The van der Waals surface area contributed by atoms with E-state index in [9.17, 15) is 4.79 Å². The van der Waals surface area contributed by atoms with Crippen molar-refractivity contribution in [1.29, 1.82) is 0 Å². The van der Waals surface area contributed by atoms with Gasteiger partial charge in [0.1, 0.15) is 12.4 Å². The van der Waals surface area contributed by atoms with Crippen molar-refractivity contribution >= 4 is 33.6 Å². The number of carbonyl (C=O) groups is 1. The number of amides is 1. The van der Waals surface area contributed by atoms with Gasteiger partial charge in [-0.3, -0.25) is 4.79 Å². The second kappa shape index (κ2) is 8.71. The fraction of sp³-hybridized carbons (Fsp3) is 0.471. The van der Waals surface area contributed by atoms with Crippen molar-refractivity contribution in [2.75, 3.05) is 18.8 Å². The van der Waals surface area contributed by atoms with Gasteiger partial charge < -0.3 is 14.2 Å². The molecule has 25 heavy (non-hydrogen) atoms. The molecule has 1 saturated heterocycles. The van der Waals surface area contributed by atoms with Crippen LogP contribution in [0.1, 0.15) is 25.6 Å². The topological polar surface area (TPSA) is 60.2 Å². The molecule has 0 aliphatic carbocycles.